The summed E-state index contributed by atoms with van der Waals surface area (Å²) < 4.78 is 1.29. The molecule has 2 aromatic rings. The molecule has 0 aliphatic carbocycles. The first-order chi connectivity index (χ1) is 10.0. The Bertz CT molecular complexity index is 769. The number of amides is 1. The highest BCUT2D eigenvalue weighted by Crippen LogP contribution is 2.20. The van der Waals surface area contributed by atoms with Crippen molar-refractivity contribution in [3.63, 3.8) is 0 Å². The van der Waals surface area contributed by atoms with Gasteiger partial charge in [0.05, 0.1) is 18.6 Å². The smallest absolute Gasteiger partial charge is 0.253 e. The molecular weight excluding hydrogens is 272 g/mol. The van der Waals surface area contributed by atoms with Crippen LogP contribution in [0.1, 0.15) is 17.0 Å². The van der Waals surface area contributed by atoms with Crippen LogP contribution in [0.5, 0.6) is 0 Å². The third kappa shape index (κ3) is 2.60. The van der Waals surface area contributed by atoms with Crippen molar-refractivity contribution in [2.45, 2.75) is 26.6 Å². The van der Waals surface area contributed by atoms with Gasteiger partial charge in [0, 0.05) is 30.1 Å². The summed E-state index contributed by atoms with van der Waals surface area (Å²) >= 11 is 0. The fourth-order valence-electron chi connectivity index (χ4n) is 2.23. The number of nitrogens with two attached hydrogens (primary N) is 1. The normalized spacial score (nSPS) is 13.3. The fraction of sp³-hybridized carbons (Fsp3) is 0.308. The van der Waals surface area contributed by atoms with Crippen molar-refractivity contribution in [3.8, 4) is 0 Å². The Balaban J connectivity index is 1.74. The maximum absolute atomic E-state index is 12.3. The van der Waals surface area contributed by atoms with Crippen molar-refractivity contribution in [3.05, 3.63) is 45.9 Å². The summed E-state index contributed by atoms with van der Waals surface area (Å²) in [6, 6.07) is 1.40. The molecule has 0 spiro atoms. The molecule has 0 unspecified atom stereocenters. The summed E-state index contributed by atoms with van der Waals surface area (Å²) in [7, 11) is 0. The first kappa shape index (κ1) is 13.2. The van der Waals surface area contributed by atoms with E-state index < -0.39 is 0 Å². The van der Waals surface area contributed by atoms with Crippen molar-refractivity contribution in [1.29, 1.82) is 0 Å². The second-order valence-corrected chi connectivity index (χ2v) is 4.95. The van der Waals surface area contributed by atoms with E-state index in [0.717, 1.165) is 11.3 Å². The molecule has 0 saturated heterocycles. The zero-order chi connectivity index (χ0) is 15.0. The van der Waals surface area contributed by atoms with Crippen molar-refractivity contribution in [2.24, 2.45) is 0 Å². The van der Waals surface area contributed by atoms with E-state index in [1.165, 1.54) is 17.0 Å². The van der Waals surface area contributed by atoms with E-state index in [-0.39, 0.29) is 24.0 Å². The highest BCUT2D eigenvalue weighted by atomic mass is 16.2. The molecule has 0 aromatic carbocycles. The van der Waals surface area contributed by atoms with Crippen LogP contribution in [0.4, 0.5) is 5.95 Å². The van der Waals surface area contributed by atoms with Gasteiger partial charge < -0.3 is 10.6 Å². The second kappa shape index (κ2) is 4.97. The highest BCUT2D eigenvalue weighted by molar-refractivity contribution is 5.76. The Kier molecular flexibility index (Phi) is 3.13. The number of hydrogen-bond donors (Lipinski definition) is 1. The molecule has 21 heavy (non-hydrogen) atoms. The molecule has 1 amide bonds. The number of nitrogen functional groups attached to an aromatic ring is 1. The lowest BCUT2D eigenvalue weighted by Gasteiger charge is -2.15. The van der Waals surface area contributed by atoms with Gasteiger partial charge in [-0.3, -0.25) is 14.2 Å². The summed E-state index contributed by atoms with van der Waals surface area (Å²) in [6.45, 7) is 2.51. The molecule has 8 nitrogen and oxygen atoms in total. The van der Waals surface area contributed by atoms with E-state index in [2.05, 4.69) is 15.0 Å². The van der Waals surface area contributed by atoms with E-state index in [1.807, 2.05) is 0 Å². The summed E-state index contributed by atoms with van der Waals surface area (Å²) in [5.74, 6) is 0.0290. The van der Waals surface area contributed by atoms with E-state index in [4.69, 9.17) is 5.73 Å². The lowest BCUT2D eigenvalue weighted by molar-refractivity contribution is -0.132. The van der Waals surface area contributed by atoms with E-state index in [1.54, 1.807) is 18.0 Å². The Morgan fingerprint density at radius 1 is 1.38 bits per heavy atom. The topological polar surface area (TPSA) is 107 Å². The number of hydrogen-bond acceptors (Lipinski definition) is 6. The standard InChI is InChI=1S/C13H14N6O2/c1-8-2-11(20)19(7-16-8)6-12(21)18-4-9-3-15-13(14)17-10(9)5-18/h2-3,7H,4-6H2,1H3,(H2,14,15,17). The van der Waals surface area contributed by atoms with Gasteiger partial charge in [-0.15, -0.1) is 0 Å². The predicted molar refractivity (Wildman–Crippen MR) is 73.9 cm³/mol. The first-order valence-corrected chi connectivity index (χ1v) is 6.44. The quantitative estimate of drug-likeness (QED) is 0.795. The Hall–Kier alpha value is -2.77. The number of carbonyl (C=O) groups excluding carboxylic acids is 1. The molecule has 3 heterocycles. The van der Waals surface area contributed by atoms with Crippen molar-refractivity contribution >= 4 is 11.9 Å². The summed E-state index contributed by atoms with van der Waals surface area (Å²) in [5.41, 5.74) is 7.56. The number of aryl methyl sites for hydroxylation is 1. The molecule has 1 aliphatic rings. The number of carbonyl (C=O) groups is 1. The molecule has 1 aliphatic heterocycles. The van der Waals surface area contributed by atoms with Crippen LogP contribution in [0.2, 0.25) is 0 Å². The molecule has 2 N–H and O–H groups in total. The number of rotatable bonds is 2. The molecule has 8 heteroatoms. The van der Waals surface area contributed by atoms with E-state index in [0.29, 0.717) is 18.8 Å². The lowest BCUT2D eigenvalue weighted by Crippen LogP contribution is -2.33. The molecule has 0 atom stereocenters. The van der Waals surface area contributed by atoms with E-state index >= 15 is 0 Å². The van der Waals surface area contributed by atoms with Gasteiger partial charge in [0.1, 0.15) is 6.54 Å². The van der Waals surface area contributed by atoms with Crippen LogP contribution in [0, 0.1) is 6.92 Å². The zero-order valence-electron chi connectivity index (χ0n) is 11.5. The van der Waals surface area contributed by atoms with Crippen LogP contribution in [0.15, 0.2) is 23.4 Å². The van der Waals surface area contributed by atoms with Crippen molar-refractivity contribution in [1.82, 2.24) is 24.4 Å². The molecule has 0 saturated carbocycles. The minimum Gasteiger partial charge on any atom is -0.368 e. The zero-order valence-corrected chi connectivity index (χ0v) is 11.5. The summed E-state index contributed by atoms with van der Waals surface area (Å²) in [5, 5.41) is 0. The number of anilines is 1. The number of nitrogens with zero attached hydrogens (tertiary/aromatic N) is 5. The van der Waals surface area contributed by atoms with Gasteiger partial charge in [-0.2, -0.15) is 0 Å². The Labute approximate surface area is 120 Å². The molecule has 0 bridgehead atoms. The predicted octanol–water partition coefficient (Wildman–Crippen LogP) is -0.534. The third-order valence-corrected chi connectivity index (χ3v) is 3.35. The van der Waals surface area contributed by atoms with Crippen LogP contribution in [-0.2, 0) is 24.4 Å². The monoisotopic (exact) mass is 286 g/mol. The molecule has 108 valence electrons. The van der Waals surface area contributed by atoms with Gasteiger partial charge in [-0.1, -0.05) is 0 Å². The van der Waals surface area contributed by atoms with Gasteiger partial charge >= 0.3 is 0 Å². The van der Waals surface area contributed by atoms with Crippen molar-refractivity contribution in [2.75, 3.05) is 5.73 Å². The number of fused-ring (bicyclic) bond motifs is 1. The minimum atomic E-state index is -0.239. The third-order valence-electron chi connectivity index (χ3n) is 3.35. The molecular formula is C13H14N6O2. The summed E-state index contributed by atoms with van der Waals surface area (Å²) in [6.07, 6.45) is 3.02. The van der Waals surface area contributed by atoms with Gasteiger partial charge in [0.2, 0.25) is 11.9 Å². The van der Waals surface area contributed by atoms with Gasteiger partial charge in [0.25, 0.3) is 5.56 Å². The van der Waals surface area contributed by atoms with E-state index in [9.17, 15) is 9.59 Å². The van der Waals surface area contributed by atoms with Crippen molar-refractivity contribution < 1.29 is 4.79 Å². The largest absolute Gasteiger partial charge is 0.368 e. The summed E-state index contributed by atoms with van der Waals surface area (Å²) in [4.78, 5) is 37.7. The van der Waals surface area contributed by atoms with Crippen LogP contribution in [-0.4, -0.2) is 30.3 Å². The first-order valence-electron chi connectivity index (χ1n) is 6.44. The average Bonchev–Trinajstić information content (AvgIpc) is 2.85. The SMILES string of the molecule is Cc1cc(=O)n(CC(=O)N2Cc3cnc(N)nc3C2)cn1. The highest BCUT2D eigenvalue weighted by Gasteiger charge is 2.25. The van der Waals surface area contributed by atoms with Gasteiger partial charge in [-0.25, -0.2) is 15.0 Å². The average molecular weight is 286 g/mol. The Morgan fingerprint density at radius 3 is 2.95 bits per heavy atom. The number of aromatic nitrogens is 4. The molecule has 0 radical (unpaired) electrons. The fourth-order valence-corrected chi connectivity index (χ4v) is 2.23. The van der Waals surface area contributed by atoms with Crippen LogP contribution < -0.4 is 11.3 Å². The molecule has 2 aromatic heterocycles. The minimum absolute atomic E-state index is 0.0387. The van der Waals surface area contributed by atoms with Crippen LogP contribution in [0.25, 0.3) is 0 Å². The second-order valence-electron chi connectivity index (χ2n) is 4.95. The molecule has 0 fully saturated rings. The maximum Gasteiger partial charge on any atom is 0.253 e. The van der Waals surface area contributed by atoms with Gasteiger partial charge in [-0.05, 0) is 6.92 Å². The lowest BCUT2D eigenvalue weighted by atomic mass is 10.3. The van der Waals surface area contributed by atoms with Crippen LogP contribution >= 0.6 is 0 Å². The molecule has 3 rings (SSSR count). The van der Waals surface area contributed by atoms with Crippen LogP contribution in [0.3, 0.4) is 0 Å². The Morgan fingerprint density at radius 2 is 2.19 bits per heavy atom. The van der Waals surface area contributed by atoms with Gasteiger partial charge in [0.15, 0.2) is 0 Å². The maximum atomic E-state index is 12.3.